The van der Waals surface area contributed by atoms with E-state index in [0.29, 0.717) is 5.75 Å². The second kappa shape index (κ2) is 4.66. The van der Waals surface area contributed by atoms with Crippen LogP contribution in [0.15, 0.2) is 30.3 Å². The molecule has 0 aliphatic carbocycles. The van der Waals surface area contributed by atoms with E-state index >= 15 is 0 Å². The number of halogens is 1. The maximum Gasteiger partial charge on any atom is 0.361 e. The first kappa shape index (κ1) is 10.6. The summed E-state index contributed by atoms with van der Waals surface area (Å²) in [6, 6.07) is 8.76. The van der Waals surface area contributed by atoms with Crippen molar-refractivity contribution in [3.8, 4) is 5.75 Å². The third kappa shape index (κ3) is 3.81. The molecule has 0 N–H and O–H groups in total. The molecule has 3 nitrogen and oxygen atoms in total. The van der Waals surface area contributed by atoms with E-state index in [2.05, 4.69) is 4.74 Å². The molecular formula is C8H10ClO3P. The van der Waals surface area contributed by atoms with Crippen molar-refractivity contribution >= 4 is 18.0 Å². The number of rotatable bonds is 4. The van der Waals surface area contributed by atoms with Gasteiger partial charge in [-0.1, -0.05) is 18.2 Å². The molecule has 72 valence electrons. The van der Waals surface area contributed by atoms with Gasteiger partial charge in [-0.25, -0.2) is 0 Å². The molecule has 0 saturated carbocycles. The Morgan fingerprint density at radius 2 is 2.00 bits per heavy atom. The third-order valence-corrected chi connectivity index (χ3v) is 2.82. The topological polar surface area (TPSA) is 35.5 Å². The number of para-hydroxylation sites is 1. The van der Waals surface area contributed by atoms with Crippen molar-refractivity contribution in [2.45, 2.75) is 0 Å². The molecule has 1 aromatic rings. The normalized spacial score (nSPS) is 14.9. The van der Waals surface area contributed by atoms with Crippen molar-refractivity contribution in [1.82, 2.24) is 0 Å². The van der Waals surface area contributed by atoms with E-state index in [1.165, 1.54) is 7.11 Å². The maximum atomic E-state index is 11.4. The van der Waals surface area contributed by atoms with Crippen LogP contribution in [0.1, 0.15) is 0 Å². The van der Waals surface area contributed by atoms with Crippen LogP contribution in [0, 0.1) is 0 Å². The molecule has 0 heterocycles. The maximum absolute atomic E-state index is 11.4. The van der Waals surface area contributed by atoms with Crippen LogP contribution in [0.3, 0.4) is 0 Å². The summed E-state index contributed by atoms with van der Waals surface area (Å²) in [5, 5.41) is 0. The molecule has 0 fully saturated rings. The smallest absolute Gasteiger partial charge is 0.361 e. The van der Waals surface area contributed by atoms with Gasteiger partial charge in [-0.2, -0.15) is 0 Å². The molecule has 1 aromatic carbocycles. The van der Waals surface area contributed by atoms with Gasteiger partial charge in [-0.3, -0.25) is 4.57 Å². The van der Waals surface area contributed by atoms with E-state index in [9.17, 15) is 4.57 Å². The Bertz CT molecular complexity index is 302. The molecule has 13 heavy (non-hydrogen) atoms. The number of hydrogen-bond donors (Lipinski definition) is 0. The van der Waals surface area contributed by atoms with Crippen molar-refractivity contribution in [3.05, 3.63) is 30.3 Å². The van der Waals surface area contributed by atoms with E-state index in [1.807, 2.05) is 6.07 Å². The van der Waals surface area contributed by atoms with Gasteiger partial charge >= 0.3 is 6.72 Å². The second-order valence-corrected chi connectivity index (χ2v) is 5.58. The lowest BCUT2D eigenvalue weighted by Crippen LogP contribution is -1.93. The highest BCUT2D eigenvalue weighted by Crippen LogP contribution is 2.51. The molecule has 0 spiro atoms. The summed E-state index contributed by atoms with van der Waals surface area (Å²) in [6.45, 7) is -3.16. The van der Waals surface area contributed by atoms with Crippen LogP contribution in [0.25, 0.3) is 0 Å². The third-order valence-electron chi connectivity index (χ3n) is 1.27. The van der Waals surface area contributed by atoms with Gasteiger partial charge in [-0.05, 0) is 23.4 Å². The first-order valence-corrected chi connectivity index (χ1v) is 6.38. The van der Waals surface area contributed by atoms with E-state index in [0.717, 1.165) is 0 Å². The molecule has 0 amide bonds. The van der Waals surface area contributed by atoms with E-state index in [1.54, 1.807) is 24.3 Å². The Morgan fingerprint density at radius 3 is 2.54 bits per heavy atom. The van der Waals surface area contributed by atoms with Crippen LogP contribution in [0.2, 0.25) is 0 Å². The van der Waals surface area contributed by atoms with Crippen molar-refractivity contribution in [2.75, 3.05) is 13.5 Å². The fourth-order valence-corrected chi connectivity index (χ4v) is 2.15. The van der Waals surface area contributed by atoms with Crippen LogP contribution in [-0.4, -0.2) is 13.5 Å². The Kier molecular flexibility index (Phi) is 3.79. The molecule has 0 radical (unpaired) electrons. The molecule has 0 aromatic heterocycles. The summed E-state index contributed by atoms with van der Waals surface area (Å²) in [5.74, 6) is 0.484. The molecule has 0 aliphatic heterocycles. The number of ether oxygens (including phenoxy) is 1. The monoisotopic (exact) mass is 220 g/mol. The highest BCUT2D eigenvalue weighted by molar-refractivity contribution is 7.85. The van der Waals surface area contributed by atoms with E-state index < -0.39 is 6.72 Å². The summed E-state index contributed by atoms with van der Waals surface area (Å²) in [4.78, 5) is 0. The molecule has 1 atom stereocenters. The summed E-state index contributed by atoms with van der Waals surface area (Å²) in [5.41, 5.74) is 0. The van der Waals surface area contributed by atoms with Crippen molar-refractivity contribution in [3.63, 3.8) is 0 Å². The predicted octanol–water partition coefficient (Wildman–Crippen LogP) is 3.10. The van der Waals surface area contributed by atoms with Gasteiger partial charge in [0, 0.05) is 7.11 Å². The Balaban J connectivity index is 2.64. The average Bonchev–Trinajstić information content (AvgIpc) is 2.04. The second-order valence-electron chi connectivity index (χ2n) is 2.41. The molecular weight excluding hydrogens is 211 g/mol. The molecule has 5 heteroatoms. The molecule has 0 bridgehead atoms. The van der Waals surface area contributed by atoms with Gasteiger partial charge in [0.1, 0.15) is 12.1 Å². The van der Waals surface area contributed by atoms with Crippen molar-refractivity contribution in [2.24, 2.45) is 0 Å². The van der Waals surface area contributed by atoms with Gasteiger partial charge in [-0.15, -0.1) is 0 Å². The highest BCUT2D eigenvalue weighted by atomic mass is 35.7. The van der Waals surface area contributed by atoms with E-state index in [4.69, 9.17) is 15.8 Å². The first-order valence-electron chi connectivity index (χ1n) is 3.66. The molecule has 0 aliphatic rings. The summed E-state index contributed by atoms with van der Waals surface area (Å²) in [7, 11) is 1.42. The number of benzene rings is 1. The first-order chi connectivity index (χ1) is 6.14. The standard InChI is InChI=1S/C8H10ClO3P/c1-11-7-13(9,10)12-8-5-3-2-4-6-8/h2-6H,7H2,1H3. The number of hydrogen-bond acceptors (Lipinski definition) is 3. The fourth-order valence-electron chi connectivity index (χ4n) is 0.819. The van der Waals surface area contributed by atoms with Gasteiger partial charge in [0.2, 0.25) is 0 Å². The van der Waals surface area contributed by atoms with Crippen LogP contribution in [-0.2, 0) is 9.30 Å². The van der Waals surface area contributed by atoms with Gasteiger partial charge < -0.3 is 9.26 Å². The lowest BCUT2D eigenvalue weighted by molar-refractivity contribution is 0.242. The quantitative estimate of drug-likeness (QED) is 0.732. The van der Waals surface area contributed by atoms with Gasteiger partial charge in [0.05, 0.1) is 0 Å². The van der Waals surface area contributed by atoms with Crippen molar-refractivity contribution in [1.29, 1.82) is 0 Å². The highest BCUT2D eigenvalue weighted by Gasteiger charge is 2.20. The Morgan fingerprint density at radius 1 is 1.38 bits per heavy atom. The summed E-state index contributed by atoms with van der Waals surface area (Å²) >= 11 is 5.58. The summed E-state index contributed by atoms with van der Waals surface area (Å²) in [6.07, 6.45) is -0.0938. The Hall–Kier alpha value is -0.500. The minimum Gasteiger partial charge on any atom is -0.431 e. The molecule has 0 saturated heterocycles. The molecule has 1 unspecified atom stereocenters. The largest absolute Gasteiger partial charge is 0.431 e. The van der Waals surface area contributed by atoms with E-state index in [-0.39, 0.29) is 6.35 Å². The van der Waals surface area contributed by atoms with Crippen LogP contribution >= 0.6 is 18.0 Å². The number of methoxy groups -OCH3 is 1. The van der Waals surface area contributed by atoms with Crippen molar-refractivity contribution < 1.29 is 13.8 Å². The van der Waals surface area contributed by atoms with Gasteiger partial charge in [0.25, 0.3) is 0 Å². The zero-order chi connectivity index (χ0) is 9.73. The fraction of sp³-hybridized carbons (Fsp3) is 0.250. The zero-order valence-electron chi connectivity index (χ0n) is 7.14. The predicted molar refractivity (Wildman–Crippen MR) is 52.4 cm³/mol. The average molecular weight is 221 g/mol. The SMILES string of the molecule is COCP(=O)(Cl)Oc1ccccc1. The van der Waals surface area contributed by atoms with Crippen LogP contribution in [0.5, 0.6) is 5.75 Å². The minimum absolute atomic E-state index is 0.0938. The van der Waals surface area contributed by atoms with Crippen LogP contribution < -0.4 is 4.52 Å². The lowest BCUT2D eigenvalue weighted by atomic mass is 10.3. The lowest BCUT2D eigenvalue weighted by Gasteiger charge is -2.11. The zero-order valence-corrected chi connectivity index (χ0v) is 8.79. The minimum atomic E-state index is -3.16. The Labute approximate surface area is 81.9 Å². The molecule has 1 rings (SSSR count). The van der Waals surface area contributed by atoms with Gasteiger partial charge in [0.15, 0.2) is 0 Å². The summed E-state index contributed by atoms with van der Waals surface area (Å²) < 4.78 is 21.1. The van der Waals surface area contributed by atoms with Crippen LogP contribution in [0.4, 0.5) is 0 Å².